The van der Waals surface area contributed by atoms with Crippen LogP contribution < -0.4 is 30.7 Å². The Morgan fingerprint density at radius 3 is 0.833 bits per heavy atom. The maximum Gasteiger partial charge on any atom is 0.232 e. The summed E-state index contributed by atoms with van der Waals surface area (Å²) in [6.07, 6.45) is 7.62. The fourth-order valence-electron chi connectivity index (χ4n) is 8.14. The largest absolute Gasteiger partial charge is 0.338 e. The molecule has 0 spiro atoms. The Morgan fingerprint density at radius 1 is 0.357 bits per heavy atom. The predicted octanol–water partition coefficient (Wildman–Crippen LogP) is -0.506. The van der Waals surface area contributed by atoms with Crippen LogP contribution >= 0.6 is 0 Å². The predicted molar refractivity (Wildman–Crippen MR) is 169 cm³/mol. The highest BCUT2D eigenvalue weighted by Crippen LogP contribution is 2.25. The zero-order valence-electron chi connectivity index (χ0n) is 25.7. The van der Waals surface area contributed by atoms with Gasteiger partial charge in [0.15, 0.2) is 0 Å². The summed E-state index contributed by atoms with van der Waals surface area (Å²) in [5.41, 5.74) is 0. The van der Waals surface area contributed by atoms with Crippen molar-refractivity contribution in [1.82, 2.24) is 45.6 Å². The van der Waals surface area contributed by atoms with Gasteiger partial charge >= 0.3 is 0 Å². The van der Waals surface area contributed by atoms with E-state index in [4.69, 9.17) is 15.0 Å². The van der Waals surface area contributed by atoms with E-state index in [0.29, 0.717) is 0 Å². The molecule has 6 saturated heterocycles. The minimum absolute atomic E-state index is 0.727. The molecule has 6 aliphatic rings. The van der Waals surface area contributed by atoms with Crippen molar-refractivity contribution in [2.75, 3.05) is 133 Å². The first-order chi connectivity index (χ1) is 20.8. The summed E-state index contributed by atoms with van der Waals surface area (Å²) in [4.78, 5) is 30.9. The Balaban J connectivity index is 1.04. The van der Waals surface area contributed by atoms with Gasteiger partial charge in [-0.05, 0) is 77.8 Å². The maximum atomic E-state index is 5.17. The number of aromatic nitrogens is 3. The molecule has 0 aliphatic carbocycles. The van der Waals surface area contributed by atoms with Crippen LogP contribution in [0.25, 0.3) is 0 Å². The highest BCUT2D eigenvalue weighted by atomic mass is 15.4. The summed E-state index contributed by atoms with van der Waals surface area (Å²) in [6, 6.07) is 2.18. The van der Waals surface area contributed by atoms with Crippen molar-refractivity contribution < 1.29 is 0 Å². The molecule has 0 bridgehead atoms. The Hall–Kier alpha value is -1.83. The Labute approximate surface area is 252 Å². The smallest absolute Gasteiger partial charge is 0.232 e. The van der Waals surface area contributed by atoms with Gasteiger partial charge < -0.3 is 30.7 Å². The maximum absolute atomic E-state index is 5.17. The first kappa shape index (κ1) is 28.9. The monoisotopic (exact) mass is 582 g/mol. The van der Waals surface area contributed by atoms with E-state index < -0.39 is 0 Å². The summed E-state index contributed by atoms with van der Waals surface area (Å²) >= 11 is 0. The number of anilines is 3. The molecule has 0 amide bonds. The molecule has 0 saturated carbocycles. The van der Waals surface area contributed by atoms with E-state index in [0.717, 1.165) is 154 Å². The van der Waals surface area contributed by atoms with Crippen LogP contribution in [0.2, 0.25) is 0 Å². The van der Waals surface area contributed by atoms with Crippen molar-refractivity contribution in [2.45, 2.75) is 56.7 Å². The lowest BCUT2D eigenvalue weighted by molar-refractivity contribution is 0.151. The highest BCUT2D eigenvalue weighted by molar-refractivity contribution is 5.47. The summed E-state index contributed by atoms with van der Waals surface area (Å²) in [5.74, 6) is 2.67. The van der Waals surface area contributed by atoms with E-state index in [1.54, 1.807) is 0 Å². The molecule has 3 N–H and O–H groups in total. The molecule has 12 heteroatoms. The van der Waals surface area contributed by atoms with Crippen LogP contribution in [0.1, 0.15) is 38.5 Å². The van der Waals surface area contributed by atoms with Crippen LogP contribution in [0.5, 0.6) is 0 Å². The highest BCUT2D eigenvalue weighted by Gasteiger charge is 2.31. The van der Waals surface area contributed by atoms with Gasteiger partial charge in [0.2, 0.25) is 17.8 Å². The van der Waals surface area contributed by atoms with Crippen molar-refractivity contribution in [2.24, 2.45) is 0 Å². The Bertz CT molecular complexity index is 832. The number of piperazine rings is 3. The zero-order chi connectivity index (χ0) is 28.1. The van der Waals surface area contributed by atoms with E-state index in [1.807, 2.05) is 0 Å². The second kappa shape index (κ2) is 13.9. The molecule has 6 fully saturated rings. The zero-order valence-corrected chi connectivity index (χ0v) is 25.7. The lowest BCUT2D eigenvalue weighted by Crippen LogP contribution is -2.54. The number of hydrogen-bond acceptors (Lipinski definition) is 12. The van der Waals surface area contributed by atoms with Gasteiger partial charge in [-0.2, -0.15) is 15.0 Å². The van der Waals surface area contributed by atoms with Gasteiger partial charge in [0.1, 0.15) is 0 Å². The molecule has 0 aromatic carbocycles. The third kappa shape index (κ3) is 6.78. The Morgan fingerprint density at radius 2 is 0.595 bits per heavy atom. The molecule has 0 unspecified atom stereocenters. The molecule has 7 heterocycles. The number of rotatable bonds is 6. The minimum Gasteiger partial charge on any atom is -0.338 e. The quantitative estimate of drug-likeness (QED) is 0.404. The first-order valence-electron chi connectivity index (χ1n) is 17.2. The van der Waals surface area contributed by atoms with Crippen LogP contribution in [0.15, 0.2) is 0 Å². The summed E-state index contributed by atoms with van der Waals surface area (Å²) in [7, 11) is 0. The van der Waals surface area contributed by atoms with Crippen LogP contribution in [-0.2, 0) is 0 Å². The SMILES string of the molecule is C1CC(N2CCN(c3nc(N4CCN(C5CCNCC5)CC4)nc(N4CCN(C5CCNCC5)CC4)n3)CC2)CCN1. The number of nitrogens with one attached hydrogen (secondary N) is 3. The molecular weight excluding hydrogens is 528 g/mol. The standard InChI is InChI=1S/C30H54N12/c1-7-31-8-2-25(1)37-13-19-40(20-14-37)28-34-29(41-21-15-38(16-22-41)26-3-9-32-10-4-26)36-30(35-28)42-23-17-39(18-24-42)27-5-11-33-12-6-27/h25-27,31-33H,1-24H2. The summed E-state index contributed by atoms with van der Waals surface area (Å²) < 4.78 is 0. The van der Waals surface area contributed by atoms with Crippen molar-refractivity contribution >= 4 is 17.8 Å². The lowest BCUT2D eigenvalue weighted by atomic mass is 10.0. The normalized spacial score (nSPS) is 27.6. The van der Waals surface area contributed by atoms with Crippen LogP contribution in [0.4, 0.5) is 17.8 Å². The van der Waals surface area contributed by atoms with Crippen LogP contribution in [0.3, 0.4) is 0 Å². The average molecular weight is 583 g/mol. The summed E-state index contributed by atoms with van der Waals surface area (Å²) in [5, 5.41) is 10.6. The van der Waals surface area contributed by atoms with Crippen molar-refractivity contribution in [1.29, 1.82) is 0 Å². The second-order valence-electron chi connectivity index (χ2n) is 13.2. The Kier molecular flexibility index (Phi) is 9.54. The fraction of sp³-hybridized carbons (Fsp3) is 0.900. The molecule has 0 atom stereocenters. The van der Waals surface area contributed by atoms with E-state index >= 15 is 0 Å². The van der Waals surface area contributed by atoms with Crippen molar-refractivity contribution in [3.05, 3.63) is 0 Å². The van der Waals surface area contributed by atoms with Gasteiger partial charge in [0.05, 0.1) is 0 Å². The molecule has 234 valence electrons. The number of nitrogens with zero attached hydrogens (tertiary/aromatic N) is 9. The van der Waals surface area contributed by atoms with Gasteiger partial charge in [0, 0.05) is 96.7 Å². The summed E-state index contributed by atoms with van der Waals surface area (Å²) in [6.45, 7) is 19.5. The number of piperidine rings is 3. The number of hydrogen-bond donors (Lipinski definition) is 3. The molecule has 6 aliphatic heterocycles. The molecule has 0 radical (unpaired) electrons. The third-order valence-corrected chi connectivity index (χ3v) is 10.9. The molecule has 1 aromatic rings. The van der Waals surface area contributed by atoms with Gasteiger partial charge in [-0.1, -0.05) is 0 Å². The van der Waals surface area contributed by atoms with Crippen LogP contribution in [0, 0.1) is 0 Å². The lowest BCUT2D eigenvalue weighted by Gasteiger charge is -2.43. The van der Waals surface area contributed by atoms with Gasteiger partial charge in [-0.15, -0.1) is 0 Å². The van der Waals surface area contributed by atoms with Gasteiger partial charge in [-0.25, -0.2) is 0 Å². The van der Waals surface area contributed by atoms with Crippen LogP contribution in [-0.4, -0.2) is 166 Å². The third-order valence-electron chi connectivity index (χ3n) is 10.9. The first-order valence-corrected chi connectivity index (χ1v) is 17.2. The topological polar surface area (TPSA) is 94.2 Å². The molecule has 12 nitrogen and oxygen atoms in total. The van der Waals surface area contributed by atoms with E-state index in [1.165, 1.54) is 38.5 Å². The molecule has 7 rings (SSSR count). The van der Waals surface area contributed by atoms with E-state index in [2.05, 4.69) is 45.3 Å². The van der Waals surface area contributed by atoms with E-state index in [-0.39, 0.29) is 0 Å². The van der Waals surface area contributed by atoms with Gasteiger partial charge in [-0.3, -0.25) is 14.7 Å². The fourth-order valence-corrected chi connectivity index (χ4v) is 8.14. The average Bonchev–Trinajstić information content (AvgIpc) is 3.09. The van der Waals surface area contributed by atoms with Crippen molar-refractivity contribution in [3.8, 4) is 0 Å². The molecule has 1 aromatic heterocycles. The minimum atomic E-state index is 0.727. The second-order valence-corrected chi connectivity index (χ2v) is 13.2. The van der Waals surface area contributed by atoms with Crippen molar-refractivity contribution in [3.63, 3.8) is 0 Å². The van der Waals surface area contributed by atoms with Gasteiger partial charge in [0.25, 0.3) is 0 Å². The van der Waals surface area contributed by atoms with E-state index in [9.17, 15) is 0 Å². The molecule has 42 heavy (non-hydrogen) atoms. The molecular formula is C30H54N12.